The first-order valence-corrected chi connectivity index (χ1v) is 10.2. The lowest BCUT2D eigenvalue weighted by atomic mass is 9.38. The summed E-state index contributed by atoms with van der Waals surface area (Å²) in [6, 6.07) is 8.92. The highest BCUT2D eigenvalue weighted by molar-refractivity contribution is 6.02. The Morgan fingerprint density at radius 3 is 2.67 bits per heavy atom. The molecule has 0 saturated heterocycles. The molecule has 156 valence electrons. The molecule has 0 aliphatic heterocycles. The van der Waals surface area contributed by atoms with Crippen molar-refractivity contribution in [3.8, 4) is 0 Å². The summed E-state index contributed by atoms with van der Waals surface area (Å²) in [6.07, 6.45) is 3.40. The fraction of sp³-hybridized carbons (Fsp3) is 0.391. The van der Waals surface area contributed by atoms with E-state index in [9.17, 15) is 18.0 Å². The third kappa shape index (κ3) is 2.99. The van der Waals surface area contributed by atoms with Crippen LogP contribution in [0.3, 0.4) is 0 Å². The van der Waals surface area contributed by atoms with Gasteiger partial charge in [0.05, 0.1) is 22.8 Å². The number of hydrogen-bond donors (Lipinski definition) is 1. The van der Waals surface area contributed by atoms with Crippen molar-refractivity contribution in [2.45, 2.75) is 50.7 Å². The topological polar surface area (TPSA) is 46.4 Å². The molecule has 3 saturated carbocycles. The Balaban J connectivity index is 1.43. The fourth-order valence-electron chi connectivity index (χ4n) is 5.32. The maximum Gasteiger partial charge on any atom is 0.416 e. The molecular formula is C23H22F3N3O. The lowest BCUT2D eigenvalue weighted by molar-refractivity contribution is -0.149. The van der Waals surface area contributed by atoms with Crippen LogP contribution in [0.5, 0.6) is 0 Å². The van der Waals surface area contributed by atoms with E-state index in [0.717, 1.165) is 43.4 Å². The van der Waals surface area contributed by atoms with Crippen molar-refractivity contribution < 1.29 is 18.0 Å². The van der Waals surface area contributed by atoms with E-state index >= 15 is 0 Å². The van der Waals surface area contributed by atoms with Crippen molar-refractivity contribution in [2.75, 3.05) is 0 Å². The average Bonchev–Trinajstić information content (AvgIpc) is 3.08. The number of fused-ring (bicyclic) bond motifs is 1. The van der Waals surface area contributed by atoms with Gasteiger partial charge >= 0.3 is 6.18 Å². The van der Waals surface area contributed by atoms with Crippen LogP contribution >= 0.6 is 0 Å². The van der Waals surface area contributed by atoms with Gasteiger partial charge in [0.1, 0.15) is 0 Å². The van der Waals surface area contributed by atoms with Gasteiger partial charge in [-0.2, -0.15) is 18.3 Å². The first kappa shape index (κ1) is 19.2. The van der Waals surface area contributed by atoms with E-state index in [1.165, 1.54) is 6.07 Å². The molecule has 3 aliphatic rings. The summed E-state index contributed by atoms with van der Waals surface area (Å²) < 4.78 is 40.8. The SMILES string of the molecule is CCC12CC(NC(=O)c3cnn4cccc(Cc5cccc(C(F)(F)F)c5)c34)(C1)C2. The third-order valence-corrected chi connectivity index (χ3v) is 6.79. The van der Waals surface area contributed by atoms with E-state index in [4.69, 9.17) is 0 Å². The van der Waals surface area contributed by atoms with Crippen LogP contribution in [0.15, 0.2) is 48.8 Å². The predicted molar refractivity (Wildman–Crippen MR) is 106 cm³/mol. The van der Waals surface area contributed by atoms with Gasteiger partial charge in [-0.25, -0.2) is 4.52 Å². The summed E-state index contributed by atoms with van der Waals surface area (Å²) in [7, 11) is 0. The molecule has 0 radical (unpaired) electrons. The van der Waals surface area contributed by atoms with E-state index in [2.05, 4.69) is 17.3 Å². The monoisotopic (exact) mass is 413 g/mol. The van der Waals surface area contributed by atoms with Crippen LogP contribution in [0.25, 0.3) is 5.52 Å². The smallest absolute Gasteiger partial charge is 0.346 e. The first-order valence-electron chi connectivity index (χ1n) is 10.2. The van der Waals surface area contributed by atoms with Crippen LogP contribution in [0.4, 0.5) is 13.2 Å². The van der Waals surface area contributed by atoms with E-state index in [1.807, 2.05) is 6.07 Å². The number of rotatable bonds is 5. The molecule has 1 N–H and O–H groups in total. The minimum absolute atomic E-state index is 0.0860. The molecule has 0 atom stereocenters. The lowest BCUT2D eigenvalue weighted by Crippen LogP contribution is -2.74. The van der Waals surface area contributed by atoms with Gasteiger partial charge in [0, 0.05) is 11.7 Å². The highest BCUT2D eigenvalue weighted by atomic mass is 19.4. The lowest BCUT2D eigenvalue weighted by Gasteiger charge is -2.70. The van der Waals surface area contributed by atoms with Gasteiger partial charge in [0.25, 0.3) is 5.91 Å². The maximum absolute atomic E-state index is 13.1. The minimum Gasteiger partial charge on any atom is -0.346 e. The van der Waals surface area contributed by atoms with Gasteiger partial charge in [-0.1, -0.05) is 37.6 Å². The van der Waals surface area contributed by atoms with Gasteiger partial charge < -0.3 is 5.32 Å². The molecule has 1 amide bonds. The summed E-state index contributed by atoms with van der Waals surface area (Å²) in [6.45, 7) is 2.19. The molecular weight excluding hydrogens is 391 g/mol. The Labute approximate surface area is 172 Å². The second-order valence-electron chi connectivity index (χ2n) is 8.88. The van der Waals surface area contributed by atoms with E-state index in [1.54, 1.807) is 29.0 Å². The third-order valence-electron chi connectivity index (χ3n) is 6.79. The number of hydrogen-bond acceptors (Lipinski definition) is 2. The number of carbonyl (C=O) groups excluding carboxylic acids is 1. The average molecular weight is 413 g/mol. The van der Waals surface area contributed by atoms with Crippen molar-refractivity contribution in [1.82, 2.24) is 14.9 Å². The standard InChI is InChI=1S/C23H22F3N3O/c1-2-21-12-22(13-21,14-21)28-20(30)18-11-27-29-8-4-6-16(19(18)29)9-15-5-3-7-17(10-15)23(24,25)26/h3-8,10-11H,2,9,12-14H2,1H3,(H,28,30). The second kappa shape index (κ2) is 6.33. The number of aromatic nitrogens is 2. The van der Waals surface area contributed by atoms with Crippen molar-refractivity contribution in [1.29, 1.82) is 0 Å². The Hall–Kier alpha value is -2.83. The van der Waals surface area contributed by atoms with Crippen LogP contribution in [-0.4, -0.2) is 21.1 Å². The van der Waals surface area contributed by atoms with Crippen LogP contribution in [0, 0.1) is 5.41 Å². The molecule has 2 aromatic heterocycles. The van der Waals surface area contributed by atoms with Crippen LogP contribution < -0.4 is 5.32 Å². The fourth-order valence-corrected chi connectivity index (χ4v) is 5.32. The summed E-state index contributed by atoms with van der Waals surface area (Å²) in [4.78, 5) is 13.0. The highest BCUT2D eigenvalue weighted by Gasteiger charge is 2.67. The predicted octanol–water partition coefficient (Wildman–Crippen LogP) is 5.01. The Morgan fingerprint density at radius 1 is 1.20 bits per heavy atom. The minimum atomic E-state index is -4.39. The number of benzene rings is 1. The van der Waals surface area contributed by atoms with Crippen molar-refractivity contribution >= 4 is 11.4 Å². The van der Waals surface area contributed by atoms with Crippen LogP contribution in [0.2, 0.25) is 0 Å². The molecule has 0 unspecified atom stereocenters. The second-order valence-corrected chi connectivity index (χ2v) is 8.88. The molecule has 30 heavy (non-hydrogen) atoms. The number of nitrogens with zero attached hydrogens (tertiary/aromatic N) is 2. The zero-order chi connectivity index (χ0) is 21.1. The quantitative estimate of drug-likeness (QED) is 0.639. The van der Waals surface area contributed by atoms with Gasteiger partial charge in [-0.05, 0) is 54.4 Å². The van der Waals surface area contributed by atoms with Crippen molar-refractivity contribution in [3.63, 3.8) is 0 Å². The molecule has 4 nitrogen and oxygen atoms in total. The largest absolute Gasteiger partial charge is 0.416 e. The highest BCUT2D eigenvalue weighted by Crippen LogP contribution is 2.68. The number of alkyl halides is 3. The summed E-state index contributed by atoms with van der Waals surface area (Å²) in [5.74, 6) is -0.161. The number of amides is 1. The Kier molecular flexibility index (Phi) is 4.04. The molecule has 0 spiro atoms. The molecule has 1 aromatic carbocycles. The molecule has 6 rings (SSSR count). The molecule has 3 aromatic rings. The van der Waals surface area contributed by atoms with Gasteiger partial charge in [-0.3, -0.25) is 4.79 Å². The Bertz CT molecular complexity index is 1130. The van der Waals surface area contributed by atoms with Gasteiger partial charge in [0.2, 0.25) is 0 Å². The molecule has 7 heteroatoms. The summed E-state index contributed by atoms with van der Waals surface area (Å²) in [5, 5.41) is 7.48. The number of nitrogens with one attached hydrogen (secondary N) is 1. The van der Waals surface area contributed by atoms with Gasteiger partial charge in [-0.15, -0.1) is 0 Å². The zero-order valence-electron chi connectivity index (χ0n) is 16.6. The number of carbonyl (C=O) groups is 1. The van der Waals surface area contributed by atoms with E-state index in [0.29, 0.717) is 22.1 Å². The van der Waals surface area contributed by atoms with Crippen LogP contribution in [-0.2, 0) is 12.6 Å². The Morgan fingerprint density at radius 2 is 1.97 bits per heavy atom. The summed E-state index contributed by atoms with van der Waals surface area (Å²) in [5.41, 5.74) is 2.07. The normalized spacial score (nSPS) is 24.9. The number of pyridine rings is 1. The van der Waals surface area contributed by atoms with Gasteiger partial charge in [0.15, 0.2) is 0 Å². The van der Waals surface area contributed by atoms with Crippen LogP contribution in [0.1, 0.15) is 59.7 Å². The van der Waals surface area contributed by atoms with E-state index < -0.39 is 11.7 Å². The van der Waals surface area contributed by atoms with E-state index in [-0.39, 0.29) is 17.9 Å². The number of halogens is 3. The van der Waals surface area contributed by atoms with Crippen molar-refractivity contribution in [2.24, 2.45) is 5.41 Å². The first-order chi connectivity index (χ1) is 14.2. The molecule has 2 bridgehead atoms. The molecule has 2 heterocycles. The maximum atomic E-state index is 13.1. The summed E-state index contributed by atoms with van der Waals surface area (Å²) >= 11 is 0. The zero-order valence-corrected chi connectivity index (χ0v) is 16.6. The molecule has 3 fully saturated rings. The van der Waals surface area contributed by atoms with Crippen molar-refractivity contribution in [3.05, 3.63) is 71.0 Å². The molecule has 3 aliphatic carbocycles.